The van der Waals surface area contributed by atoms with Crippen LogP contribution in [-0.2, 0) is 5.88 Å². The van der Waals surface area contributed by atoms with Crippen molar-refractivity contribution in [2.24, 2.45) is 0 Å². The molecule has 0 atom stereocenters. The fourth-order valence-corrected chi connectivity index (χ4v) is 2.37. The van der Waals surface area contributed by atoms with Crippen LogP contribution in [0.1, 0.15) is 21.5 Å². The van der Waals surface area contributed by atoms with Crippen LogP contribution in [0.4, 0.5) is 13.2 Å². The second kappa shape index (κ2) is 5.50. The van der Waals surface area contributed by atoms with Gasteiger partial charge in [-0.15, -0.1) is 11.6 Å². The van der Waals surface area contributed by atoms with Gasteiger partial charge in [-0.05, 0) is 23.4 Å². The standard InChI is InChI=1S/C10H5ClF3NO2S/c11-3-5-1-2-6(4-15)7(9(16)17)8(5)18-10(12,13)14/h1-2H,3H2,(H,16,17). The number of nitrogens with zero attached hydrogens (tertiary/aromatic N) is 1. The molecule has 0 radical (unpaired) electrons. The highest BCUT2D eigenvalue weighted by Crippen LogP contribution is 2.41. The van der Waals surface area contributed by atoms with Gasteiger partial charge < -0.3 is 5.11 Å². The molecule has 1 aromatic rings. The average Bonchev–Trinajstić information content (AvgIpc) is 2.25. The first-order chi connectivity index (χ1) is 8.30. The SMILES string of the molecule is N#Cc1ccc(CCl)c(SC(F)(F)F)c1C(=O)O. The molecule has 0 fully saturated rings. The van der Waals surface area contributed by atoms with Crippen LogP contribution in [0.2, 0.25) is 0 Å². The molecule has 0 saturated heterocycles. The number of carboxylic acids is 1. The van der Waals surface area contributed by atoms with Crippen molar-refractivity contribution in [2.75, 3.05) is 0 Å². The maximum absolute atomic E-state index is 12.4. The van der Waals surface area contributed by atoms with E-state index in [-0.39, 0.29) is 17.0 Å². The van der Waals surface area contributed by atoms with Crippen molar-refractivity contribution in [1.82, 2.24) is 0 Å². The summed E-state index contributed by atoms with van der Waals surface area (Å²) in [6, 6.07) is 3.90. The van der Waals surface area contributed by atoms with Crippen molar-refractivity contribution in [1.29, 1.82) is 5.26 Å². The normalized spacial score (nSPS) is 11.1. The molecule has 8 heteroatoms. The second-order valence-corrected chi connectivity index (χ2v) is 4.42. The van der Waals surface area contributed by atoms with E-state index in [1.807, 2.05) is 0 Å². The molecule has 0 aliphatic rings. The van der Waals surface area contributed by atoms with E-state index in [1.54, 1.807) is 6.07 Å². The van der Waals surface area contributed by atoms with Gasteiger partial charge in [0.1, 0.15) is 6.07 Å². The zero-order chi connectivity index (χ0) is 13.9. The number of halogens is 4. The number of carboxylic acid groups (broad SMARTS) is 1. The minimum Gasteiger partial charge on any atom is -0.478 e. The number of aromatic carboxylic acids is 1. The molecule has 0 amide bonds. The maximum atomic E-state index is 12.4. The summed E-state index contributed by atoms with van der Waals surface area (Å²) in [4.78, 5) is 10.4. The Morgan fingerprint density at radius 2 is 2.11 bits per heavy atom. The van der Waals surface area contributed by atoms with E-state index < -0.39 is 33.7 Å². The van der Waals surface area contributed by atoms with Crippen LogP contribution in [0.15, 0.2) is 17.0 Å². The fraction of sp³-hybridized carbons (Fsp3) is 0.200. The third-order valence-electron chi connectivity index (χ3n) is 1.94. The van der Waals surface area contributed by atoms with E-state index in [1.165, 1.54) is 6.07 Å². The van der Waals surface area contributed by atoms with Crippen LogP contribution in [0.5, 0.6) is 0 Å². The lowest BCUT2D eigenvalue weighted by Gasteiger charge is -2.13. The Bertz CT molecular complexity index is 525. The molecule has 0 saturated carbocycles. The highest BCUT2D eigenvalue weighted by Gasteiger charge is 2.33. The van der Waals surface area contributed by atoms with Gasteiger partial charge in [0.25, 0.3) is 0 Å². The zero-order valence-electron chi connectivity index (χ0n) is 8.58. The molecule has 0 unspecified atom stereocenters. The summed E-state index contributed by atoms with van der Waals surface area (Å²) >= 11 is 4.90. The van der Waals surface area contributed by atoms with E-state index in [9.17, 15) is 18.0 Å². The van der Waals surface area contributed by atoms with Gasteiger partial charge in [0.2, 0.25) is 0 Å². The third kappa shape index (κ3) is 3.31. The summed E-state index contributed by atoms with van der Waals surface area (Å²) in [5, 5.41) is 17.6. The molecule has 1 aromatic carbocycles. The molecule has 1 rings (SSSR count). The van der Waals surface area contributed by atoms with Crippen molar-refractivity contribution in [3.63, 3.8) is 0 Å². The molecule has 0 aliphatic carbocycles. The number of benzene rings is 1. The molecule has 0 spiro atoms. The van der Waals surface area contributed by atoms with E-state index in [0.717, 1.165) is 6.07 Å². The van der Waals surface area contributed by atoms with Crippen LogP contribution in [-0.4, -0.2) is 16.6 Å². The van der Waals surface area contributed by atoms with Gasteiger partial charge >= 0.3 is 11.5 Å². The van der Waals surface area contributed by atoms with Gasteiger partial charge in [-0.3, -0.25) is 0 Å². The minimum absolute atomic E-state index is 0.0235. The lowest BCUT2D eigenvalue weighted by Crippen LogP contribution is -2.09. The van der Waals surface area contributed by atoms with Gasteiger partial charge in [0.15, 0.2) is 0 Å². The van der Waals surface area contributed by atoms with E-state index >= 15 is 0 Å². The Labute approximate surface area is 109 Å². The number of rotatable bonds is 3. The van der Waals surface area contributed by atoms with Crippen LogP contribution >= 0.6 is 23.4 Å². The predicted molar refractivity (Wildman–Crippen MR) is 59.6 cm³/mol. The average molecular weight is 296 g/mol. The maximum Gasteiger partial charge on any atom is 0.446 e. The first-order valence-corrected chi connectivity index (χ1v) is 5.76. The lowest BCUT2D eigenvalue weighted by molar-refractivity contribution is -0.0328. The molecular weight excluding hydrogens is 291 g/mol. The number of hydrogen-bond donors (Lipinski definition) is 1. The van der Waals surface area contributed by atoms with Gasteiger partial charge in [0.05, 0.1) is 11.1 Å². The fourth-order valence-electron chi connectivity index (χ4n) is 1.27. The first kappa shape index (κ1) is 14.7. The van der Waals surface area contributed by atoms with E-state index in [4.69, 9.17) is 22.0 Å². The number of alkyl halides is 4. The van der Waals surface area contributed by atoms with Crippen LogP contribution < -0.4 is 0 Å². The first-order valence-electron chi connectivity index (χ1n) is 4.41. The summed E-state index contributed by atoms with van der Waals surface area (Å²) in [7, 11) is 0. The van der Waals surface area contributed by atoms with Gasteiger partial charge in [-0.1, -0.05) is 6.07 Å². The zero-order valence-corrected chi connectivity index (χ0v) is 10.2. The molecule has 96 valence electrons. The topological polar surface area (TPSA) is 61.1 Å². The van der Waals surface area contributed by atoms with Crippen LogP contribution in [0.25, 0.3) is 0 Å². The summed E-state index contributed by atoms with van der Waals surface area (Å²) in [5.41, 5.74) is -5.63. The highest BCUT2D eigenvalue weighted by molar-refractivity contribution is 8.00. The third-order valence-corrected chi connectivity index (χ3v) is 3.13. The van der Waals surface area contributed by atoms with Gasteiger partial charge in [-0.25, -0.2) is 4.79 Å². The molecule has 0 bridgehead atoms. The number of nitriles is 1. The Morgan fingerprint density at radius 1 is 1.50 bits per heavy atom. The van der Waals surface area contributed by atoms with Crippen LogP contribution in [0.3, 0.4) is 0 Å². The van der Waals surface area contributed by atoms with Crippen molar-refractivity contribution in [2.45, 2.75) is 16.3 Å². The molecule has 0 aromatic heterocycles. The number of thioether (sulfide) groups is 1. The summed E-state index contributed by atoms with van der Waals surface area (Å²) in [6.07, 6.45) is 0. The Morgan fingerprint density at radius 3 is 2.50 bits per heavy atom. The molecule has 0 aliphatic heterocycles. The van der Waals surface area contributed by atoms with E-state index in [0.29, 0.717) is 0 Å². The molecule has 18 heavy (non-hydrogen) atoms. The molecule has 1 N–H and O–H groups in total. The van der Waals surface area contributed by atoms with Gasteiger partial charge in [0, 0.05) is 10.8 Å². The van der Waals surface area contributed by atoms with Gasteiger partial charge in [-0.2, -0.15) is 18.4 Å². The minimum atomic E-state index is -4.65. The molecule has 0 heterocycles. The predicted octanol–water partition coefficient (Wildman–Crippen LogP) is 3.61. The Kier molecular flexibility index (Phi) is 4.48. The lowest BCUT2D eigenvalue weighted by atomic mass is 10.1. The summed E-state index contributed by atoms with van der Waals surface area (Å²) in [6.45, 7) is 0. The molecule has 3 nitrogen and oxygen atoms in total. The molecular formula is C10H5ClF3NO2S. The van der Waals surface area contributed by atoms with Crippen molar-refractivity contribution in [3.05, 3.63) is 28.8 Å². The Balaban J connectivity index is 3.52. The van der Waals surface area contributed by atoms with Crippen molar-refractivity contribution in [3.8, 4) is 6.07 Å². The summed E-state index contributed by atoms with van der Waals surface area (Å²) < 4.78 is 37.1. The van der Waals surface area contributed by atoms with Crippen molar-refractivity contribution >= 4 is 29.3 Å². The number of carbonyl (C=O) groups is 1. The van der Waals surface area contributed by atoms with Crippen LogP contribution in [0, 0.1) is 11.3 Å². The summed E-state index contributed by atoms with van der Waals surface area (Å²) in [5.74, 6) is -1.87. The quantitative estimate of drug-likeness (QED) is 0.683. The second-order valence-electron chi connectivity index (χ2n) is 3.07. The highest BCUT2D eigenvalue weighted by atomic mass is 35.5. The van der Waals surface area contributed by atoms with E-state index in [2.05, 4.69) is 0 Å². The smallest absolute Gasteiger partial charge is 0.446 e. The van der Waals surface area contributed by atoms with Crippen molar-refractivity contribution < 1.29 is 23.1 Å². The Hall–Kier alpha value is -1.39. The number of hydrogen-bond acceptors (Lipinski definition) is 3. The largest absolute Gasteiger partial charge is 0.478 e. The monoisotopic (exact) mass is 295 g/mol.